The molecule has 26 heavy (non-hydrogen) atoms. The Morgan fingerprint density at radius 3 is 2.65 bits per heavy atom. The van der Waals surface area contributed by atoms with Gasteiger partial charge in [-0.2, -0.15) is 13.2 Å². The van der Waals surface area contributed by atoms with E-state index in [1.54, 1.807) is 0 Å². The summed E-state index contributed by atoms with van der Waals surface area (Å²) in [6, 6.07) is -2.02. The lowest BCUT2D eigenvalue weighted by molar-refractivity contribution is -0.152. The summed E-state index contributed by atoms with van der Waals surface area (Å²) in [6.45, 7) is 0.795. The summed E-state index contributed by atoms with van der Waals surface area (Å²) in [5, 5.41) is 11.5. The van der Waals surface area contributed by atoms with Crippen LogP contribution < -0.4 is 10.2 Å². The second kappa shape index (κ2) is 8.00. The van der Waals surface area contributed by atoms with Crippen molar-refractivity contribution in [2.45, 2.75) is 25.1 Å². The van der Waals surface area contributed by atoms with Gasteiger partial charge in [0, 0.05) is 24.1 Å². The van der Waals surface area contributed by atoms with Crippen LogP contribution in [0.1, 0.15) is 24.6 Å². The molecule has 0 aromatic carbocycles. The van der Waals surface area contributed by atoms with Crippen LogP contribution >= 0.6 is 0 Å². The lowest BCUT2D eigenvalue weighted by Crippen LogP contribution is -2.38. The van der Waals surface area contributed by atoms with Crippen LogP contribution in [0, 0.1) is 5.92 Å². The van der Waals surface area contributed by atoms with Crippen LogP contribution in [0.15, 0.2) is 26.7 Å². The Morgan fingerprint density at radius 2 is 2.15 bits per heavy atom. The molecule has 1 unspecified atom stereocenters. The summed E-state index contributed by atoms with van der Waals surface area (Å²) in [5.41, 5.74) is 7.40. The number of piperidine rings is 1. The Hall–Kier alpha value is -2.88. The summed E-state index contributed by atoms with van der Waals surface area (Å²) >= 11 is 0. The molecule has 0 radical (unpaired) electrons. The van der Waals surface area contributed by atoms with Gasteiger partial charge in [0.15, 0.2) is 6.04 Å². The summed E-state index contributed by atoms with van der Waals surface area (Å²) < 4.78 is 48.5. The van der Waals surface area contributed by atoms with Gasteiger partial charge >= 0.3 is 12.3 Å². The molecule has 2 rings (SSSR count). The second-order valence-corrected chi connectivity index (χ2v) is 5.68. The number of nitrogens with zero attached hydrogens (tertiary/aromatic N) is 4. The van der Waals surface area contributed by atoms with Crippen LogP contribution in [0.5, 0.6) is 5.75 Å². The Kier molecular flexibility index (Phi) is 5.98. The van der Waals surface area contributed by atoms with Gasteiger partial charge in [-0.25, -0.2) is 4.79 Å². The number of likely N-dealkylation sites (tertiary alicyclic amines) is 1. The summed E-state index contributed by atoms with van der Waals surface area (Å²) in [5.74, 6) is -1.09. The zero-order valence-electron chi connectivity index (χ0n) is 13.3. The molecule has 1 fully saturated rings. The van der Waals surface area contributed by atoms with Gasteiger partial charge < -0.3 is 19.2 Å². The number of alkyl halides is 3. The van der Waals surface area contributed by atoms with Crippen molar-refractivity contribution in [2.75, 3.05) is 19.7 Å². The van der Waals surface area contributed by atoms with E-state index in [0.29, 0.717) is 32.0 Å². The average molecular weight is 376 g/mol. The maximum atomic E-state index is 12.8. The zero-order chi connectivity index (χ0) is 19.3. The Bertz CT molecular complexity index is 752. The van der Waals surface area contributed by atoms with E-state index >= 15 is 0 Å². The van der Waals surface area contributed by atoms with Crippen molar-refractivity contribution in [3.8, 4) is 5.75 Å². The van der Waals surface area contributed by atoms with Crippen molar-refractivity contribution in [2.24, 2.45) is 11.0 Å². The zero-order valence-corrected chi connectivity index (χ0v) is 13.3. The molecule has 1 aliphatic rings. The number of rotatable bonds is 5. The van der Waals surface area contributed by atoms with Crippen LogP contribution in [0.2, 0.25) is 0 Å². The van der Waals surface area contributed by atoms with E-state index in [1.165, 1.54) is 4.90 Å². The van der Waals surface area contributed by atoms with Crippen molar-refractivity contribution < 1.29 is 32.2 Å². The molecule has 0 saturated carbocycles. The van der Waals surface area contributed by atoms with Crippen LogP contribution in [-0.4, -0.2) is 42.0 Å². The number of amides is 1. The van der Waals surface area contributed by atoms with Gasteiger partial charge in [0.1, 0.15) is 12.0 Å². The van der Waals surface area contributed by atoms with Crippen molar-refractivity contribution in [3.63, 3.8) is 0 Å². The van der Waals surface area contributed by atoms with Crippen LogP contribution in [0.3, 0.4) is 0 Å². The van der Waals surface area contributed by atoms with Gasteiger partial charge in [0.25, 0.3) is 0 Å². The van der Waals surface area contributed by atoms with Crippen molar-refractivity contribution >= 4 is 6.09 Å². The molecule has 1 atom stereocenters. The van der Waals surface area contributed by atoms with Gasteiger partial charge in [-0.1, -0.05) is 5.11 Å². The highest BCUT2D eigenvalue weighted by atomic mass is 19.4. The standard InChI is InChI=1S/C14H15F3N4O5/c15-14(16,17)12(19-20-18)10-5-9(22)11(7-26-10)25-6-8-1-3-21(4-2-8)13(23)24/h5,7-8,12H,1-4,6H2,(H,23,24). The van der Waals surface area contributed by atoms with E-state index in [4.69, 9.17) is 19.8 Å². The third-order valence-corrected chi connectivity index (χ3v) is 3.92. The number of ether oxygens (including phenoxy) is 1. The molecule has 1 aromatic rings. The van der Waals surface area contributed by atoms with E-state index in [-0.39, 0.29) is 18.3 Å². The summed E-state index contributed by atoms with van der Waals surface area (Å²) in [4.78, 5) is 26.1. The molecule has 9 nitrogen and oxygen atoms in total. The van der Waals surface area contributed by atoms with Gasteiger partial charge in [-0.05, 0) is 24.3 Å². The van der Waals surface area contributed by atoms with Gasteiger partial charge in [0.05, 0.1) is 6.61 Å². The third kappa shape index (κ3) is 4.82. The molecule has 1 amide bonds. The smallest absolute Gasteiger partial charge is 0.407 e. The average Bonchev–Trinajstić information content (AvgIpc) is 2.58. The van der Waals surface area contributed by atoms with Crippen LogP contribution in [0.4, 0.5) is 18.0 Å². The minimum atomic E-state index is -4.90. The number of hydrogen-bond acceptors (Lipinski definition) is 5. The molecule has 0 aliphatic carbocycles. The van der Waals surface area contributed by atoms with Gasteiger partial charge in [-0.15, -0.1) is 0 Å². The lowest BCUT2D eigenvalue weighted by Gasteiger charge is -2.29. The first-order valence-electron chi connectivity index (χ1n) is 7.56. The summed E-state index contributed by atoms with van der Waals surface area (Å²) in [7, 11) is 0. The maximum Gasteiger partial charge on any atom is 0.407 e. The Morgan fingerprint density at radius 1 is 1.50 bits per heavy atom. The molecule has 12 heteroatoms. The molecule has 1 N–H and O–H groups in total. The minimum absolute atomic E-state index is 0.00999. The summed E-state index contributed by atoms with van der Waals surface area (Å²) in [6.07, 6.45) is -4.07. The highest BCUT2D eigenvalue weighted by Gasteiger charge is 2.42. The van der Waals surface area contributed by atoms with Crippen molar-refractivity contribution in [3.05, 3.63) is 38.8 Å². The second-order valence-electron chi connectivity index (χ2n) is 5.68. The van der Waals surface area contributed by atoms with E-state index in [1.807, 2.05) is 0 Å². The monoisotopic (exact) mass is 376 g/mol. The molecular formula is C14H15F3N4O5. The van der Waals surface area contributed by atoms with Crippen LogP contribution in [-0.2, 0) is 0 Å². The fourth-order valence-electron chi connectivity index (χ4n) is 2.50. The molecule has 2 heterocycles. The largest absolute Gasteiger partial charge is 0.486 e. The first-order valence-corrected chi connectivity index (χ1v) is 7.56. The van der Waals surface area contributed by atoms with Crippen molar-refractivity contribution in [1.29, 1.82) is 0 Å². The molecule has 1 aromatic heterocycles. The molecule has 1 aliphatic heterocycles. The molecular weight excluding hydrogens is 361 g/mol. The van der Waals surface area contributed by atoms with E-state index < -0.39 is 29.5 Å². The van der Waals surface area contributed by atoms with Gasteiger partial charge in [-0.3, -0.25) is 4.79 Å². The number of carboxylic acid groups (broad SMARTS) is 1. The topological polar surface area (TPSA) is 129 Å². The highest BCUT2D eigenvalue weighted by Crippen LogP contribution is 2.35. The number of halogens is 3. The normalized spacial score (nSPS) is 16.7. The quantitative estimate of drug-likeness (QED) is 0.479. The van der Waals surface area contributed by atoms with Crippen LogP contribution in [0.25, 0.3) is 10.4 Å². The Balaban J connectivity index is 2.01. The Labute approximate surface area is 144 Å². The fourth-order valence-corrected chi connectivity index (χ4v) is 2.50. The first kappa shape index (κ1) is 19.4. The molecule has 0 spiro atoms. The van der Waals surface area contributed by atoms with Gasteiger partial charge in [0.2, 0.25) is 11.2 Å². The SMILES string of the molecule is [N-]=[N+]=NC(c1cc(=O)c(OCC2CCN(C(=O)O)CC2)co1)C(F)(F)F. The fraction of sp³-hybridized carbons (Fsp3) is 0.571. The first-order chi connectivity index (χ1) is 12.2. The predicted molar refractivity (Wildman–Crippen MR) is 80.7 cm³/mol. The maximum absolute atomic E-state index is 12.8. The minimum Gasteiger partial charge on any atom is -0.486 e. The third-order valence-electron chi connectivity index (χ3n) is 3.92. The van der Waals surface area contributed by atoms with E-state index in [0.717, 1.165) is 6.26 Å². The van der Waals surface area contributed by atoms with Crippen molar-refractivity contribution in [1.82, 2.24) is 4.90 Å². The number of carbonyl (C=O) groups is 1. The molecule has 142 valence electrons. The van der Waals surface area contributed by atoms with E-state index in [9.17, 15) is 22.8 Å². The predicted octanol–water partition coefficient (Wildman–Crippen LogP) is 3.32. The molecule has 0 bridgehead atoms. The van der Waals surface area contributed by atoms with E-state index in [2.05, 4.69) is 10.0 Å². The highest BCUT2D eigenvalue weighted by molar-refractivity contribution is 5.64. The lowest BCUT2D eigenvalue weighted by atomic mass is 9.98. The number of hydrogen-bond donors (Lipinski definition) is 1. The number of azide groups is 1. The molecule has 1 saturated heterocycles.